The van der Waals surface area contributed by atoms with Crippen LogP contribution in [0, 0.1) is 0 Å². The normalized spacial score (nSPS) is 25.3. The first-order valence-electron chi connectivity index (χ1n) is 7.09. The van der Waals surface area contributed by atoms with Gasteiger partial charge in [0.05, 0.1) is 12.8 Å². The van der Waals surface area contributed by atoms with E-state index in [1.165, 1.54) is 24.0 Å². The summed E-state index contributed by atoms with van der Waals surface area (Å²) < 4.78 is 5.28. The van der Waals surface area contributed by atoms with Crippen LogP contribution in [0.3, 0.4) is 0 Å². The number of nitrogens with one attached hydrogen (secondary N) is 2. The SMILES string of the molecule is C=C(CNC1CC1)CN1C(=O)NC(C)(c2ccco2)C1=O. The fourth-order valence-corrected chi connectivity index (χ4v) is 2.43. The number of imide groups is 1. The van der Waals surface area contributed by atoms with Crippen LogP contribution in [-0.4, -0.2) is 36.0 Å². The average Bonchev–Trinajstić information content (AvgIpc) is 3.05. The summed E-state index contributed by atoms with van der Waals surface area (Å²) >= 11 is 0. The van der Waals surface area contributed by atoms with Crippen LogP contribution in [0.1, 0.15) is 25.5 Å². The maximum absolute atomic E-state index is 12.5. The predicted molar refractivity (Wildman–Crippen MR) is 76.5 cm³/mol. The Balaban J connectivity index is 1.67. The van der Waals surface area contributed by atoms with Crippen molar-refractivity contribution >= 4 is 11.9 Å². The van der Waals surface area contributed by atoms with E-state index >= 15 is 0 Å². The van der Waals surface area contributed by atoms with E-state index in [1.54, 1.807) is 19.1 Å². The smallest absolute Gasteiger partial charge is 0.325 e. The predicted octanol–water partition coefficient (Wildman–Crippen LogP) is 1.35. The highest BCUT2D eigenvalue weighted by molar-refractivity contribution is 6.07. The van der Waals surface area contributed by atoms with Crippen molar-refractivity contribution in [3.8, 4) is 0 Å². The Hall–Kier alpha value is -2.08. The summed E-state index contributed by atoms with van der Waals surface area (Å²) in [5.74, 6) is 0.125. The molecule has 1 aromatic heterocycles. The number of furan rings is 1. The number of hydrogen-bond donors (Lipinski definition) is 2. The fourth-order valence-electron chi connectivity index (χ4n) is 2.43. The summed E-state index contributed by atoms with van der Waals surface area (Å²) in [4.78, 5) is 25.8. The van der Waals surface area contributed by atoms with Crippen molar-refractivity contribution in [2.24, 2.45) is 0 Å². The zero-order chi connectivity index (χ0) is 15.0. The standard InChI is InChI=1S/C15H19N3O3/c1-10(8-16-11-5-6-11)9-18-13(19)15(2,17-14(18)20)12-4-3-7-21-12/h3-4,7,11,16H,1,5-6,8-9H2,2H3,(H,17,20). The molecule has 0 radical (unpaired) electrons. The van der Waals surface area contributed by atoms with Gasteiger partial charge in [0.25, 0.3) is 5.91 Å². The van der Waals surface area contributed by atoms with Crippen LogP contribution in [0.15, 0.2) is 35.0 Å². The van der Waals surface area contributed by atoms with Crippen molar-refractivity contribution < 1.29 is 14.0 Å². The molecule has 2 fully saturated rings. The van der Waals surface area contributed by atoms with Gasteiger partial charge in [-0.3, -0.25) is 9.69 Å². The van der Waals surface area contributed by atoms with Crippen molar-refractivity contribution in [2.75, 3.05) is 13.1 Å². The van der Waals surface area contributed by atoms with E-state index in [4.69, 9.17) is 4.42 Å². The highest BCUT2D eigenvalue weighted by atomic mass is 16.3. The molecule has 1 atom stereocenters. The number of carbonyl (C=O) groups excluding carboxylic acids is 2. The molecule has 0 bridgehead atoms. The lowest BCUT2D eigenvalue weighted by atomic mass is 9.99. The van der Waals surface area contributed by atoms with Crippen LogP contribution in [0.25, 0.3) is 0 Å². The van der Waals surface area contributed by atoms with Crippen molar-refractivity contribution in [1.29, 1.82) is 0 Å². The molecule has 0 spiro atoms. The third-order valence-electron chi connectivity index (χ3n) is 3.89. The lowest BCUT2D eigenvalue weighted by Gasteiger charge is -2.19. The van der Waals surface area contributed by atoms with Crippen LogP contribution >= 0.6 is 0 Å². The minimum atomic E-state index is -1.13. The number of rotatable bonds is 6. The zero-order valence-corrected chi connectivity index (χ0v) is 12.0. The molecule has 21 heavy (non-hydrogen) atoms. The number of nitrogens with zero attached hydrogens (tertiary/aromatic N) is 1. The van der Waals surface area contributed by atoms with Crippen molar-refractivity contribution in [3.05, 3.63) is 36.3 Å². The summed E-state index contributed by atoms with van der Waals surface area (Å²) in [5.41, 5.74) is -0.320. The monoisotopic (exact) mass is 289 g/mol. The van der Waals surface area contributed by atoms with Crippen LogP contribution in [0.5, 0.6) is 0 Å². The summed E-state index contributed by atoms with van der Waals surface area (Å²) in [5, 5.41) is 6.02. The van der Waals surface area contributed by atoms with Gasteiger partial charge in [-0.25, -0.2) is 4.79 Å². The van der Waals surface area contributed by atoms with Gasteiger partial charge in [0.1, 0.15) is 5.76 Å². The quantitative estimate of drug-likeness (QED) is 0.612. The van der Waals surface area contributed by atoms with Crippen LogP contribution in [-0.2, 0) is 10.3 Å². The molecule has 112 valence electrons. The maximum atomic E-state index is 12.5. The number of carbonyl (C=O) groups is 2. The molecule has 1 saturated heterocycles. The molecule has 2 N–H and O–H groups in total. The molecule has 1 aliphatic carbocycles. The molecule has 6 heteroatoms. The zero-order valence-electron chi connectivity index (χ0n) is 12.0. The molecule has 2 heterocycles. The molecule has 3 amide bonds. The van der Waals surface area contributed by atoms with E-state index in [-0.39, 0.29) is 12.5 Å². The fraction of sp³-hybridized carbons (Fsp3) is 0.467. The summed E-state index contributed by atoms with van der Waals surface area (Å²) in [6, 6.07) is 3.54. The minimum Gasteiger partial charge on any atom is -0.466 e. The Morgan fingerprint density at radius 1 is 1.57 bits per heavy atom. The van der Waals surface area contributed by atoms with Gasteiger partial charge in [-0.2, -0.15) is 0 Å². The van der Waals surface area contributed by atoms with E-state index in [0.717, 1.165) is 5.57 Å². The van der Waals surface area contributed by atoms with Gasteiger partial charge in [-0.05, 0) is 37.5 Å². The molecule has 2 aliphatic rings. The van der Waals surface area contributed by atoms with Crippen molar-refractivity contribution in [1.82, 2.24) is 15.5 Å². The summed E-state index contributed by atoms with van der Waals surface area (Å²) in [6.45, 7) is 6.43. The first kappa shape index (κ1) is 13.9. The first-order chi connectivity index (χ1) is 10.0. The van der Waals surface area contributed by atoms with Gasteiger partial charge >= 0.3 is 6.03 Å². The Morgan fingerprint density at radius 2 is 2.33 bits per heavy atom. The van der Waals surface area contributed by atoms with Gasteiger partial charge in [0.2, 0.25) is 0 Å². The number of urea groups is 1. The highest BCUT2D eigenvalue weighted by Crippen LogP contribution is 2.29. The number of amides is 3. The van der Waals surface area contributed by atoms with E-state index in [9.17, 15) is 9.59 Å². The summed E-state index contributed by atoms with van der Waals surface area (Å²) in [7, 11) is 0. The van der Waals surface area contributed by atoms with Crippen LogP contribution < -0.4 is 10.6 Å². The van der Waals surface area contributed by atoms with E-state index in [0.29, 0.717) is 18.3 Å². The molecule has 6 nitrogen and oxygen atoms in total. The average molecular weight is 289 g/mol. The highest BCUT2D eigenvalue weighted by Gasteiger charge is 2.50. The van der Waals surface area contributed by atoms with Gasteiger partial charge in [0.15, 0.2) is 5.54 Å². The van der Waals surface area contributed by atoms with Crippen molar-refractivity contribution in [3.63, 3.8) is 0 Å². The van der Waals surface area contributed by atoms with Crippen molar-refractivity contribution in [2.45, 2.75) is 31.3 Å². The van der Waals surface area contributed by atoms with E-state index in [1.807, 2.05) is 0 Å². The minimum absolute atomic E-state index is 0.223. The molecular formula is C15H19N3O3. The largest absolute Gasteiger partial charge is 0.466 e. The third-order valence-corrected chi connectivity index (χ3v) is 3.89. The maximum Gasteiger partial charge on any atom is 0.325 e. The van der Waals surface area contributed by atoms with Crippen LogP contribution in [0.2, 0.25) is 0 Å². The lowest BCUT2D eigenvalue weighted by Crippen LogP contribution is -2.41. The molecule has 1 unspecified atom stereocenters. The Kier molecular flexibility index (Phi) is 3.33. The van der Waals surface area contributed by atoms with Gasteiger partial charge in [-0.15, -0.1) is 0 Å². The second-order valence-corrected chi connectivity index (χ2v) is 5.83. The number of hydrogen-bond acceptors (Lipinski definition) is 4. The molecule has 1 saturated carbocycles. The van der Waals surface area contributed by atoms with Gasteiger partial charge in [0, 0.05) is 12.6 Å². The molecule has 1 aromatic rings. The van der Waals surface area contributed by atoms with Gasteiger partial charge < -0.3 is 15.1 Å². The second kappa shape index (κ2) is 5.04. The van der Waals surface area contributed by atoms with Gasteiger partial charge in [-0.1, -0.05) is 6.58 Å². The molecule has 1 aliphatic heterocycles. The Labute approximate surface area is 123 Å². The lowest BCUT2D eigenvalue weighted by molar-refractivity contribution is -0.131. The van der Waals surface area contributed by atoms with Crippen LogP contribution in [0.4, 0.5) is 4.79 Å². The summed E-state index contributed by atoms with van der Waals surface area (Å²) in [6.07, 6.45) is 3.86. The molecular weight excluding hydrogens is 270 g/mol. The first-order valence-corrected chi connectivity index (χ1v) is 7.09. The molecule has 0 aromatic carbocycles. The third kappa shape index (κ3) is 2.58. The topological polar surface area (TPSA) is 74.6 Å². The Morgan fingerprint density at radius 3 is 2.95 bits per heavy atom. The Bertz CT molecular complexity index is 577. The second-order valence-electron chi connectivity index (χ2n) is 5.83. The van der Waals surface area contributed by atoms with E-state index < -0.39 is 11.6 Å². The molecule has 3 rings (SSSR count). The van der Waals surface area contributed by atoms with E-state index in [2.05, 4.69) is 17.2 Å².